The number of pyridine rings is 1. The van der Waals surface area contributed by atoms with Crippen molar-refractivity contribution in [3.8, 4) is 5.82 Å². The van der Waals surface area contributed by atoms with E-state index in [0.29, 0.717) is 0 Å². The van der Waals surface area contributed by atoms with Crippen LogP contribution >= 0.6 is 10.0 Å². The second-order valence-electron chi connectivity index (χ2n) is 9.21. The quantitative estimate of drug-likeness (QED) is 0.291. The SMILES string of the molecule is CN1C=CN(c2cccc(S(C)(C)c3ccc4c5ccccc5n(-c5ccccn5)c4c3)c2)C1. The predicted molar refractivity (Wildman–Crippen MR) is 145 cm³/mol. The zero-order chi connectivity index (χ0) is 23.3. The van der Waals surface area contributed by atoms with Crippen LogP contribution in [-0.4, -0.2) is 40.7 Å². The molecule has 1 aliphatic rings. The molecular weight excluding hydrogens is 436 g/mol. The molecule has 0 aliphatic carbocycles. The van der Waals surface area contributed by atoms with Crippen LogP contribution in [0.25, 0.3) is 27.6 Å². The predicted octanol–water partition coefficient (Wildman–Crippen LogP) is 6.84. The Labute approximate surface area is 202 Å². The second kappa shape index (κ2) is 7.96. The van der Waals surface area contributed by atoms with Gasteiger partial charge < -0.3 is 9.80 Å². The monoisotopic (exact) mass is 464 g/mol. The molecule has 0 bridgehead atoms. The average molecular weight is 465 g/mol. The van der Waals surface area contributed by atoms with E-state index in [1.807, 2.05) is 12.3 Å². The number of anilines is 1. The maximum atomic E-state index is 4.69. The molecule has 3 heterocycles. The lowest BCUT2D eigenvalue weighted by molar-refractivity contribution is 0.495. The van der Waals surface area contributed by atoms with Gasteiger partial charge in [0.1, 0.15) is 5.82 Å². The lowest BCUT2D eigenvalue weighted by Gasteiger charge is -2.33. The Hall–Kier alpha value is -3.70. The van der Waals surface area contributed by atoms with Crippen molar-refractivity contribution in [1.29, 1.82) is 0 Å². The minimum atomic E-state index is -1.23. The van der Waals surface area contributed by atoms with E-state index >= 15 is 0 Å². The van der Waals surface area contributed by atoms with Gasteiger partial charge in [0, 0.05) is 42.1 Å². The molecule has 0 spiro atoms. The van der Waals surface area contributed by atoms with E-state index < -0.39 is 10.0 Å². The molecule has 0 amide bonds. The van der Waals surface area contributed by atoms with Crippen molar-refractivity contribution in [2.45, 2.75) is 9.79 Å². The first-order valence-electron chi connectivity index (χ1n) is 11.5. The molecule has 0 fully saturated rings. The highest BCUT2D eigenvalue weighted by Gasteiger charge is 2.22. The summed E-state index contributed by atoms with van der Waals surface area (Å²) in [5.41, 5.74) is 3.63. The van der Waals surface area contributed by atoms with Gasteiger partial charge in [-0.05, 0) is 70.8 Å². The summed E-state index contributed by atoms with van der Waals surface area (Å²) in [7, 11) is 0.872. The van der Waals surface area contributed by atoms with Gasteiger partial charge in [0.15, 0.2) is 0 Å². The van der Waals surface area contributed by atoms with Crippen molar-refractivity contribution in [3.63, 3.8) is 0 Å². The van der Waals surface area contributed by atoms with Crippen LogP contribution < -0.4 is 4.90 Å². The fourth-order valence-electron chi connectivity index (χ4n) is 4.81. The third-order valence-corrected chi connectivity index (χ3v) is 9.59. The van der Waals surface area contributed by atoms with Gasteiger partial charge in [-0.3, -0.25) is 4.57 Å². The van der Waals surface area contributed by atoms with Gasteiger partial charge >= 0.3 is 0 Å². The van der Waals surface area contributed by atoms with Gasteiger partial charge in [-0.2, -0.15) is 10.0 Å². The number of para-hydroxylation sites is 1. The Balaban J connectivity index is 1.51. The van der Waals surface area contributed by atoms with E-state index in [1.165, 1.54) is 37.3 Å². The van der Waals surface area contributed by atoms with E-state index in [2.05, 4.69) is 130 Å². The first-order chi connectivity index (χ1) is 16.5. The Morgan fingerprint density at radius 3 is 2.32 bits per heavy atom. The number of hydrogen-bond acceptors (Lipinski definition) is 3. The zero-order valence-corrected chi connectivity index (χ0v) is 20.5. The smallest absolute Gasteiger partial charge is 0.137 e. The van der Waals surface area contributed by atoms with Gasteiger partial charge in [-0.25, -0.2) is 4.98 Å². The summed E-state index contributed by atoms with van der Waals surface area (Å²) < 4.78 is 2.30. The summed E-state index contributed by atoms with van der Waals surface area (Å²) in [4.78, 5) is 11.9. The second-order valence-corrected chi connectivity index (χ2v) is 12.8. The van der Waals surface area contributed by atoms with Gasteiger partial charge in [0.25, 0.3) is 0 Å². The number of fused-ring (bicyclic) bond motifs is 3. The molecule has 170 valence electrons. The van der Waals surface area contributed by atoms with Crippen molar-refractivity contribution < 1.29 is 0 Å². The molecular formula is C29H28N4S. The molecule has 3 aromatic carbocycles. The number of rotatable bonds is 4. The van der Waals surface area contributed by atoms with Crippen molar-refractivity contribution in [3.05, 3.63) is 104 Å². The number of hydrogen-bond donors (Lipinski definition) is 0. The van der Waals surface area contributed by atoms with Crippen LogP contribution in [0.3, 0.4) is 0 Å². The standard InChI is InChI=1S/C29H28N4S/c1-31-17-18-32(21-31)22-9-8-10-23(19-22)34(2,3)24-14-15-26-25-11-4-5-12-27(25)33(28(26)20-24)29-13-6-7-16-30-29/h4-20H,21H2,1-3H3. The van der Waals surface area contributed by atoms with Gasteiger partial charge in [0.2, 0.25) is 0 Å². The molecule has 4 nitrogen and oxygen atoms in total. The summed E-state index contributed by atoms with van der Waals surface area (Å²) in [6, 6.07) is 30.7. The summed E-state index contributed by atoms with van der Waals surface area (Å²) in [5.74, 6) is 0.950. The molecule has 2 aromatic heterocycles. The van der Waals surface area contributed by atoms with Crippen LogP contribution in [0.5, 0.6) is 0 Å². The van der Waals surface area contributed by atoms with E-state index in [4.69, 9.17) is 0 Å². The highest BCUT2D eigenvalue weighted by molar-refractivity contribution is 8.32. The highest BCUT2D eigenvalue weighted by Crippen LogP contribution is 2.57. The van der Waals surface area contributed by atoms with E-state index in [-0.39, 0.29) is 0 Å². The minimum absolute atomic E-state index is 0.884. The highest BCUT2D eigenvalue weighted by atomic mass is 32.3. The Morgan fingerprint density at radius 2 is 1.53 bits per heavy atom. The third kappa shape index (κ3) is 3.35. The van der Waals surface area contributed by atoms with Crippen LogP contribution in [0, 0.1) is 0 Å². The molecule has 5 aromatic rings. The minimum Gasteiger partial charge on any atom is -0.361 e. The topological polar surface area (TPSA) is 24.3 Å². The first-order valence-corrected chi connectivity index (χ1v) is 13.9. The van der Waals surface area contributed by atoms with E-state index in [1.54, 1.807) is 0 Å². The lowest BCUT2D eigenvalue weighted by atomic mass is 10.2. The summed E-state index contributed by atoms with van der Waals surface area (Å²) in [5, 5.41) is 2.52. The van der Waals surface area contributed by atoms with Crippen LogP contribution in [0.15, 0.2) is 113 Å². The van der Waals surface area contributed by atoms with Crippen molar-refractivity contribution in [2.75, 3.05) is 31.1 Å². The van der Waals surface area contributed by atoms with Gasteiger partial charge in [0.05, 0.1) is 17.7 Å². The van der Waals surface area contributed by atoms with Crippen molar-refractivity contribution >= 4 is 37.5 Å². The third-order valence-electron chi connectivity index (χ3n) is 6.73. The maximum Gasteiger partial charge on any atom is 0.137 e. The summed E-state index contributed by atoms with van der Waals surface area (Å²) in [6.45, 7) is 0.884. The number of benzene rings is 3. The van der Waals surface area contributed by atoms with E-state index in [0.717, 1.165) is 12.5 Å². The van der Waals surface area contributed by atoms with Crippen LogP contribution in [0.1, 0.15) is 0 Å². The largest absolute Gasteiger partial charge is 0.361 e. The fourth-order valence-corrected chi connectivity index (χ4v) is 6.73. The molecule has 0 saturated heterocycles. The number of nitrogens with zero attached hydrogens (tertiary/aromatic N) is 4. The summed E-state index contributed by atoms with van der Waals surface area (Å²) >= 11 is 0. The molecule has 5 heteroatoms. The normalized spacial score (nSPS) is 14.4. The molecule has 0 saturated carbocycles. The maximum absolute atomic E-state index is 4.69. The molecule has 0 atom stereocenters. The average Bonchev–Trinajstić information content (AvgIpc) is 3.45. The van der Waals surface area contributed by atoms with Gasteiger partial charge in [-0.1, -0.05) is 36.4 Å². The molecule has 0 N–H and O–H groups in total. The van der Waals surface area contributed by atoms with Gasteiger partial charge in [-0.15, -0.1) is 0 Å². The van der Waals surface area contributed by atoms with Crippen molar-refractivity contribution in [2.24, 2.45) is 0 Å². The van der Waals surface area contributed by atoms with Crippen LogP contribution in [-0.2, 0) is 0 Å². The first kappa shape index (κ1) is 20.9. The van der Waals surface area contributed by atoms with Crippen LogP contribution in [0.2, 0.25) is 0 Å². The molecule has 0 unspecified atom stereocenters. The van der Waals surface area contributed by atoms with E-state index in [9.17, 15) is 0 Å². The Bertz CT molecular complexity index is 1530. The molecule has 0 radical (unpaired) electrons. The Kier molecular flexibility index (Phi) is 4.89. The zero-order valence-electron chi connectivity index (χ0n) is 19.7. The van der Waals surface area contributed by atoms with Crippen LogP contribution in [0.4, 0.5) is 5.69 Å². The molecule has 34 heavy (non-hydrogen) atoms. The molecule has 6 rings (SSSR count). The fraction of sp³-hybridized carbons (Fsp3) is 0.138. The lowest BCUT2D eigenvalue weighted by Crippen LogP contribution is -2.21. The number of aromatic nitrogens is 2. The Morgan fingerprint density at radius 1 is 0.735 bits per heavy atom. The van der Waals surface area contributed by atoms with Crippen molar-refractivity contribution in [1.82, 2.24) is 14.5 Å². The molecule has 1 aliphatic heterocycles. The summed E-state index contributed by atoms with van der Waals surface area (Å²) in [6.07, 6.45) is 10.9.